The molecule has 0 fully saturated rings. The standard InChI is InChI=1S/C17H13N5S/c18-13-10-12(6-7-19-13)17-22-14(11-4-2-1-3-5-11)15(23-17)16-20-8-9-21-16/h1-10H,(H2,18,19)(H,20,21). The van der Waals surface area contributed by atoms with Gasteiger partial charge in [0.05, 0.1) is 10.6 Å². The fraction of sp³-hybridized carbons (Fsp3) is 0. The molecule has 3 N–H and O–H groups in total. The van der Waals surface area contributed by atoms with Crippen LogP contribution in [0.2, 0.25) is 0 Å². The highest BCUT2D eigenvalue weighted by Crippen LogP contribution is 2.39. The summed E-state index contributed by atoms with van der Waals surface area (Å²) >= 11 is 1.59. The van der Waals surface area contributed by atoms with Crippen molar-refractivity contribution in [1.82, 2.24) is 19.9 Å². The predicted octanol–water partition coefficient (Wildman–Crippen LogP) is 3.84. The number of pyridine rings is 1. The second kappa shape index (κ2) is 5.66. The smallest absolute Gasteiger partial charge is 0.149 e. The van der Waals surface area contributed by atoms with Crippen molar-refractivity contribution in [3.8, 4) is 32.5 Å². The maximum Gasteiger partial charge on any atom is 0.149 e. The van der Waals surface area contributed by atoms with Crippen LogP contribution in [-0.2, 0) is 0 Å². The summed E-state index contributed by atoms with van der Waals surface area (Å²) in [7, 11) is 0. The average molecular weight is 319 g/mol. The number of nitrogens with one attached hydrogen (secondary N) is 1. The Morgan fingerprint density at radius 3 is 2.57 bits per heavy atom. The van der Waals surface area contributed by atoms with E-state index >= 15 is 0 Å². The Morgan fingerprint density at radius 2 is 1.83 bits per heavy atom. The number of nitrogen functional groups attached to an aromatic ring is 1. The zero-order chi connectivity index (χ0) is 15.6. The third kappa shape index (κ3) is 2.60. The van der Waals surface area contributed by atoms with Crippen LogP contribution in [0.4, 0.5) is 5.82 Å². The molecule has 0 aliphatic heterocycles. The minimum absolute atomic E-state index is 0.485. The van der Waals surface area contributed by atoms with Gasteiger partial charge in [-0.15, -0.1) is 11.3 Å². The Bertz CT molecular complexity index is 929. The van der Waals surface area contributed by atoms with Gasteiger partial charge >= 0.3 is 0 Å². The van der Waals surface area contributed by atoms with Crippen molar-refractivity contribution in [1.29, 1.82) is 0 Å². The quantitative estimate of drug-likeness (QED) is 0.601. The number of thiazole rings is 1. The van der Waals surface area contributed by atoms with Crippen LogP contribution in [0.5, 0.6) is 0 Å². The van der Waals surface area contributed by atoms with E-state index in [0.29, 0.717) is 5.82 Å². The van der Waals surface area contributed by atoms with Gasteiger partial charge in [-0.1, -0.05) is 30.3 Å². The van der Waals surface area contributed by atoms with Gasteiger partial charge in [0.25, 0.3) is 0 Å². The summed E-state index contributed by atoms with van der Waals surface area (Å²) in [5.74, 6) is 1.30. The third-order valence-electron chi connectivity index (χ3n) is 3.42. The molecule has 6 heteroatoms. The molecule has 0 bridgehead atoms. The molecule has 1 aromatic carbocycles. The van der Waals surface area contributed by atoms with Crippen molar-refractivity contribution in [2.75, 3.05) is 5.73 Å². The molecule has 0 aliphatic rings. The van der Waals surface area contributed by atoms with E-state index in [4.69, 9.17) is 10.7 Å². The van der Waals surface area contributed by atoms with Gasteiger partial charge in [-0.3, -0.25) is 0 Å². The number of nitrogens with two attached hydrogens (primary N) is 1. The first-order valence-electron chi connectivity index (χ1n) is 7.09. The summed E-state index contributed by atoms with van der Waals surface area (Å²) in [5.41, 5.74) is 8.72. The van der Waals surface area contributed by atoms with E-state index in [1.54, 1.807) is 23.7 Å². The van der Waals surface area contributed by atoms with E-state index in [-0.39, 0.29) is 0 Å². The first-order chi connectivity index (χ1) is 11.3. The van der Waals surface area contributed by atoms with Gasteiger partial charge in [-0.2, -0.15) is 0 Å². The van der Waals surface area contributed by atoms with Gasteiger partial charge in [0.1, 0.15) is 16.6 Å². The van der Waals surface area contributed by atoms with Gasteiger partial charge < -0.3 is 10.7 Å². The van der Waals surface area contributed by atoms with Crippen LogP contribution in [-0.4, -0.2) is 19.9 Å². The number of hydrogen-bond acceptors (Lipinski definition) is 5. The molecule has 23 heavy (non-hydrogen) atoms. The lowest BCUT2D eigenvalue weighted by Crippen LogP contribution is -1.89. The highest BCUT2D eigenvalue weighted by atomic mass is 32.1. The number of hydrogen-bond donors (Lipinski definition) is 2. The van der Waals surface area contributed by atoms with Gasteiger partial charge in [0.15, 0.2) is 0 Å². The molecule has 0 amide bonds. The normalized spacial score (nSPS) is 10.8. The molecule has 3 aromatic heterocycles. The summed E-state index contributed by atoms with van der Waals surface area (Å²) in [4.78, 5) is 17.4. The van der Waals surface area contributed by atoms with E-state index in [1.165, 1.54) is 0 Å². The number of imidazole rings is 1. The summed E-state index contributed by atoms with van der Waals surface area (Å²) in [6.45, 7) is 0. The molecular formula is C17H13N5S. The molecule has 4 rings (SSSR count). The minimum atomic E-state index is 0.485. The molecule has 3 heterocycles. The fourth-order valence-electron chi connectivity index (χ4n) is 2.37. The van der Waals surface area contributed by atoms with Gasteiger partial charge in [0.2, 0.25) is 0 Å². The second-order valence-electron chi connectivity index (χ2n) is 4.97. The minimum Gasteiger partial charge on any atom is -0.384 e. The zero-order valence-corrected chi connectivity index (χ0v) is 12.9. The van der Waals surface area contributed by atoms with Crippen LogP contribution in [0.15, 0.2) is 61.1 Å². The van der Waals surface area contributed by atoms with Crippen molar-refractivity contribution >= 4 is 17.2 Å². The van der Waals surface area contributed by atoms with Crippen molar-refractivity contribution in [2.45, 2.75) is 0 Å². The maximum atomic E-state index is 5.79. The van der Waals surface area contributed by atoms with Crippen LogP contribution in [0.25, 0.3) is 32.5 Å². The first kappa shape index (κ1) is 13.7. The average Bonchev–Trinajstić information content (AvgIpc) is 3.25. The number of aromatic amines is 1. The Morgan fingerprint density at radius 1 is 0.957 bits per heavy atom. The SMILES string of the molecule is Nc1cc(-c2nc(-c3ccccc3)c(-c3ncc[nH]3)s2)ccn1. The molecule has 0 radical (unpaired) electrons. The third-order valence-corrected chi connectivity index (χ3v) is 4.53. The van der Waals surface area contributed by atoms with Crippen LogP contribution < -0.4 is 5.73 Å². The summed E-state index contributed by atoms with van der Waals surface area (Å²) < 4.78 is 0. The van der Waals surface area contributed by atoms with Gasteiger partial charge in [-0.25, -0.2) is 15.0 Å². The first-order valence-corrected chi connectivity index (χ1v) is 7.91. The molecule has 5 nitrogen and oxygen atoms in total. The molecule has 112 valence electrons. The molecule has 0 unspecified atom stereocenters. The number of rotatable bonds is 3. The van der Waals surface area contributed by atoms with E-state index in [2.05, 4.69) is 15.0 Å². The topological polar surface area (TPSA) is 80.5 Å². The summed E-state index contributed by atoms with van der Waals surface area (Å²) in [5, 5.41) is 0.893. The van der Waals surface area contributed by atoms with E-state index in [1.807, 2.05) is 48.7 Å². The van der Waals surface area contributed by atoms with Crippen molar-refractivity contribution in [2.24, 2.45) is 0 Å². The Labute approximate surface area is 136 Å². The van der Waals surface area contributed by atoms with E-state index in [0.717, 1.165) is 32.5 Å². The number of H-pyrrole nitrogens is 1. The molecule has 0 atom stereocenters. The molecule has 4 aromatic rings. The Balaban J connectivity index is 1.91. The molecule has 0 aliphatic carbocycles. The van der Waals surface area contributed by atoms with Gasteiger partial charge in [0, 0.05) is 29.7 Å². The molecule has 0 spiro atoms. The van der Waals surface area contributed by atoms with E-state index in [9.17, 15) is 0 Å². The Hall–Kier alpha value is -2.99. The zero-order valence-electron chi connectivity index (χ0n) is 12.1. The van der Waals surface area contributed by atoms with Crippen LogP contribution in [0, 0.1) is 0 Å². The number of benzene rings is 1. The second-order valence-corrected chi connectivity index (χ2v) is 5.97. The number of nitrogens with zero attached hydrogens (tertiary/aromatic N) is 3. The predicted molar refractivity (Wildman–Crippen MR) is 92.8 cm³/mol. The van der Waals surface area contributed by atoms with Gasteiger partial charge in [-0.05, 0) is 12.1 Å². The highest BCUT2D eigenvalue weighted by molar-refractivity contribution is 7.18. The lowest BCUT2D eigenvalue weighted by molar-refractivity contribution is 1.30. The van der Waals surface area contributed by atoms with E-state index < -0.39 is 0 Å². The summed E-state index contributed by atoms with van der Waals surface area (Å²) in [6, 6.07) is 13.8. The lowest BCUT2D eigenvalue weighted by atomic mass is 10.1. The maximum absolute atomic E-state index is 5.79. The number of anilines is 1. The Kier molecular flexibility index (Phi) is 3.36. The van der Waals surface area contributed by atoms with Crippen LogP contribution in [0.3, 0.4) is 0 Å². The fourth-order valence-corrected chi connectivity index (χ4v) is 3.41. The molecular weight excluding hydrogens is 306 g/mol. The van der Waals surface area contributed by atoms with Crippen molar-refractivity contribution in [3.63, 3.8) is 0 Å². The van der Waals surface area contributed by atoms with Crippen molar-refractivity contribution in [3.05, 3.63) is 61.1 Å². The monoisotopic (exact) mass is 319 g/mol. The largest absolute Gasteiger partial charge is 0.384 e. The summed E-state index contributed by atoms with van der Waals surface area (Å²) in [6.07, 6.45) is 5.25. The highest BCUT2D eigenvalue weighted by Gasteiger charge is 2.17. The van der Waals surface area contributed by atoms with Crippen molar-refractivity contribution < 1.29 is 0 Å². The van der Waals surface area contributed by atoms with Crippen LogP contribution in [0.1, 0.15) is 0 Å². The molecule has 0 saturated heterocycles. The molecule has 0 saturated carbocycles. The van der Waals surface area contributed by atoms with Crippen LogP contribution >= 0.6 is 11.3 Å². The number of aromatic nitrogens is 4. The lowest BCUT2D eigenvalue weighted by Gasteiger charge is -1.99.